The van der Waals surface area contributed by atoms with Crippen LogP contribution in [0.1, 0.15) is 22.3 Å². The Morgan fingerprint density at radius 3 is 1.26 bits per heavy atom. The number of nitrogens with zero attached hydrogens (tertiary/aromatic N) is 2. The number of aromatic nitrogens is 2. The summed E-state index contributed by atoms with van der Waals surface area (Å²) in [4.78, 5) is 13.8. The van der Waals surface area contributed by atoms with Crippen molar-refractivity contribution < 1.29 is 0 Å². The molecule has 2 aromatic heterocycles. The lowest BCUT2D eigenvalue weighted by Gasteiger charge is -2.38. The third kappa shape index (κ3) is 4.71. The summed E-state index contributed by atoms with van der Waals surface area (Å²) >= 11 is 12.5. The molecule has 0 spiro atoms. The lowest BCUT2D eigenvalue weighted by atomic mass is 10.0. The second kappa shape index (κ2) is 10.9. The van der Waals surface area contributed by atoms with E-state index < -0.39 is 0 Å². The predicted octanol–water partition coefficient (Wildman–Crippen LogP) is 8.27. The van der Waals surface area contributed by atoms with Crippen LogP contribution in [0, 0.1) is 13.8 Å². The molecule has 0 amide bonds. The van der Waals surface area contributed by atoms with Crippen LogP contribution in [-0.2, 0) is 0 Å². The van der Waals surface area contributed by atoms with Crippen molar-refractivity contribution in [2.24, 2.45) is 0 Å². The zero-order valence-corrected chi connectivity index (χ0v) is 25.4. The first-order valence-electron chi connectivity index (χ1n) is 14.4. The van der Waals surface area contributed by atoms with Crippen LogP contribution >= 0.6 is 24.4 Å². The number of H-pyrrole nitrogens is 2. The number of hydrogen-bond acceptors (Lipinski definition) is 2. The Labute approximate surface area is 257 Å². The fourth-order valence-electron chi connectivity index (χ4n) is 6.03. The highest BCUT2D eigenvalue weighted by Gasteiger charge is 2.28. The van der Waals surface area contributed by atoms with Crippen molar-refractivity contribution in [3.05, 3.63) is 119 Å². The molecule has 6 heteroatoms. The summed E-state index contributed by atoms with van der Waals surface area (Å²) < 4.78 is 0. The number of para-hydroxylation sites is 2. The van der Waals surface area contributed by atoms with Crippen LogP contribution in [-0.4, -0.2) is 55.9 Å². The number of fused-ring (bicyclic) bond motifs is 2. The molecular formula is C36H32N4S2. The number of piperazine rings is 1. The van der Waals surface area contributed by atoms with Crippen LogP contribution in [0.4, 0.5) is 0 Å². The zero-order chi connectivity index (χ0) is 28.8. The smallest absolute Gasteiger partial charge is 0.112 e. The summed E-state index contributed by atoms with van der Waals surface area (Å²) in [6.45, 7) is 7.49. The average molecular weight is 585 g/mol. The van der Waals surface area contributed by atoms with E-state index in [9.17, 15) is 0 Å². The number of rotatable bonds is 4. The molecule has 1 aliphatic rings. The first-order chi connectivity index (χ1) is 20.5. The first kappa shape index (κ1) is 26.6. The number of nitrogens with one attached hydrogen (secondary N) is 2. The van der Waals surface area contributed by atoms with Gasteiger partial charge in [0.2, 0.25) is 0 Å². The fourth-order valence-corrected chi connectivity index (χ4v) is 6.82. The maximum Gasteiger partial charge on any atom is 0.112 e. The summed E-state index contributed by atoms with van der Waals surface area (Å²) in [5, 5.41) is 2.33. The van der Waals surface area contributed by atoms with Gasteiger partial charge in [0.25, 0.3) is 0 Å². The van der Waals surface area contributed by atoms with Gasteiger partial charge in [-0.3, -0.25) is 0 Å². The Bertz CT molecular complexity index is 1800. The molecule has 208 valence electrons. The van der Waals surface area contributed by atoms with Gasteiger partial charge in [0, 0.05) is 59.1 Å². The normalized spacial score (nSPS) is 13.7. The van der Waals surface area contributed by atoms with Crippen LogP contribution in [0.25, 0.3) is 44.3 Å². The second-order valence-corrected chi connectivity index (χ2v) is 11.9. The van der Waals surface area contributed by atoms with Crippen molar-refractivity contribution in [1.29, 1.82) is 0 Å². The summed E-state index contributed by atoms with van der Waals surface area (Å²) in [7, 11) is 0. The van der Waals surface area contributed by atoms with E-state index in [0.717, 1.165) is 91.6 Å². The molecule has 4 nitrogen and oxygen atoms in total. The molecule has 1 aliphatic heterocycles. The van der Waals surface area contributed by atoms with E-state index in [-0.39, 0.29) is 0 Å². The fraction of sp³-hybridized carbons (Fsp3) is 0.167. The number of thiocarbonyl (C=S) groups is 2. The molecular weight excluding hydrogens is 553 g/mol. The molecule has 7 rings (SSSR count). The van der Waals surface area contributed by atoms with E-state index in [0.29, 0.717) is 0 Å². The van der Waals surface area contributed by atoms with Gasteiger partial charge in [0.1, 0.15) is 9.98 Å². The van der Waals surface area contributed by atoms with Crippen LogP contribution in [0.2, 0.25) is 0 Å². The molecule has 0 bridgehead atoms. The van der Waals surface area contributed by atoms with E-state index in [1.165, 1.54) is 11.1 Å². The van der Waals surface area contributed by atoms with Gasteiger partial charge in [0.15, 0.2) is 0 Å². The minimum absolute atomic E-state index is 0.814. The third-order valence-corrected chi connectivity index (χ3v) is 9.30. The Kier molecular flexibility index (Phi) is 6.88. The highest BCUT2D eigenvalue weighted by molar-refractivity contribution is 7.81. The van der Waals surface area contributed by atoms with Crippen LogP contribution < -0.4 is 0 Å². The average Bonchev–Trinajstić information content (AvgIpc) is 3.60. The molecule has 0 unspecified atom stereocenters. The maximum atomic E-state index is 6.23. The molecule has 0 saturated carbocycles. The van der Waals surface area contributed by atoms with Gasteiger partial charge in [-0.05, 0) is 37.1 Å². The van der Waals surface area contributed by atoms with Crippen LogP contribution in [0.5, 0.6) is 0 Å². The third-order valence-electron chi connectivity index (χ3n) is 8.37. The van der Waals surface area contributed by atoms with Crippen LogP contribution in [0.15, 0.2) is 97.1 Å². The maximum absolute atomic E-state index is 6.23. The quantitative estimate of drug-likeness (QED) is 0.205. The highest BCUT2D eigenvalue weighted by Crippen LogP contribution is 2.34. The Balaban J connectivity index is 1.17. The molecule has 2 N–H and O–H groups in total. The number of aryl methyl sites for hydroxylation is 2. The Hall–Kier alpha value is -4.26. The number of hydrogen-bond donors (Lipinski definition) is 2. The van der Waals surface area contributed by atoms with Gasteiger partial charge < -0.3 is 19.8 Å². The lowest BCUT2D eigenvalue weighted by molar-refractivity contribution is 0.265. The first-order valence-corrected chi connectivity index (χ1v) is 15.2. The van der Waals surface area contributed by atoms with E-state index in [4.69, 9.17) is 24.4 Å². The molecule has 4 aromatic carbocycles. The molecule has 1 fully saturated rings. The summed E-state index contributed by atoms with van der Waals surface area (Å²) in [5.74, 6) is 0. The predicted molar refractivity (Wildman–Crippen MR) is 183 cm³/mol. The topological polar surface area (TPSA) is 38.1 Å². The minimum atomic E-state index is 0.814. The van der Waals surface area contributed by atoms with E-state index in [2.05, 4.69) is 131 Å². The van der Waals surface area contributed by atoms with Crippen molar-refractivity contribution in [3.8, 4) is 22.5 Å². The van der Waals surface area contributed by atoms with Gasteiger partial charge >= 0.3 is 0 Å². The van der Waals surface area contributed by atoms with Crippen molar-refractivity contribution in [2.45, 2.75) is 13.8 Å². The van der Waals surface area contributed by atoms with E-state index >= 15 is 0 Å². The Morgan fingerprint density at radius 2 is 0.881 bits per heavy atom. The summed E-state index contributed by atoms with van der Waals surface area (Å²) in [6.07, 6.45) is 0. The molecule has 1 saturated heterocycles. The molecule has 0 radical (unpaired) electrons. The zero-order valence-electron chi connectivity index (χ0n) is 23.8. The van der Waals surface area contributed by atoms with Crippen molar-refractivity contribution in [1.82, 2.24) is 19.8 Å². The van der Waals surface area contributed by atoms with Gasteiger partial charge in [-0.2, -0.15) is 0 Å². The molecule has 6 aromatic rings. The molecule has 3 heterocycles. The number of benzene rings is 4. The van der Waals surface area contributed by atoms with Crippen molar-refractivity contribution in [2.75, 3.05) is 26.2 Å². The molecule has 0 atom stereocenters. The van der Waals surface area contributed by atoms with Crippen LogP contribution in [0.3, 0.4) is 0 Å². The standard InChI is InChI=1S/C36H32N4S2/c1-23-11-15-25(16-12-23)33-31(27-7-3-5-9-29(27)37-33)35(41)39-19-21-40(22-20-39)36(42)32-28-8-4-6-10-30(28)38-34(32)26-17-13-24(2)14-18-26/h3-18,37-38H,19-22H2,1-2H3. The lowest BCUT2D eigenvalue weighted by Crippen LogP contribution is -2.50. The molecule has 0 aliphatic carbocycles. The monoisotopic (exact) mass is 584 g/mol. The Morgan fingerprint density at radius 1 is 0.524 bits per heavy atom. The van der Waals surface area contributed by atoms with Gasteiger partial charge in [-0.1, -0.05) is 120 Å². The van der Waals surface area contributed by atoms with Gasteiger partial charge in [-0.25, -0.2) is 0 Å². The van der Waals surface area contributed by atoms with Crippen molar-refractivity contribution >= 4 is 56.2 Å². The SMILES string of the molecule is Cc1ccc(-c2[nH]c3ccccc3c2C(=S)N2CCN(C(=S)c3c(-c4ccc(C)cc4)[nH]c4ccccc34)CC2)cc1. The highest BCUT2D eigenvalue weighted by atomic mass is 32.1. The largest absolute Gasteiger partial charge is 0.359 e. The molecule has 42 heavy (non-hydrogen) atoms. The van der Waals surface area contributed by atoms with Gasteiger partial charge in [0.05, 0.1) is 11.4 Å². The summed E-state index contributed by atoms with van der Waals surface area (Å²) in [5.41, 5.74) is 11.4. The minimum Gasteiger partial charge on any atom is -0.359 e. The van der Waals surface area contributed by atoms with Gasteiger partial charge in [-0.15, -0.1) is 0 Å². The van der Waals surface area contributed by atoms with E-state index in [1.807, 2.05) is 0 Å². The summed E-state index contributed by atoms with van der Waals surface area (Å²) in [6, 6.07) is 34.2. The van der Waals surface area contributed by atoms with Crippen molar-refractivity contribution in [3.63, 3.8) is 0 Å². The number of aromatic amines is 2. The second-order valence-electron chi connectivity index (χ2n) is 11.2. The van der Waals surface area contributed by atoms with E-state index in [1.54, 1.807) is 0 Å².